The second-order valence-electron chi connectivity index (χ2n) is 13.4. The largest absolute Gasteiger partial charge is 0.309 e. The van der Waals surface area contributed by atoms with Crippen LogP contribution in [0, 0.1) is 0 Å². The first-order chi connectivity index (χ1) is 23.1. The molecule has 0 N–H and O–H groups in total. The molecule has 0 fully saturated rings. The second-order valence-corrected chi connectivity index (χ2v) is 13.4. The molecule has 7 aromatic carbocycles. The molecule has 2 heterocycles. The molecular formula is C45H32N2. The van der Waals surface area contributed by atoms with E-state index in [0.29, 0.717) is 0 Å². The molecule has 0 amide bonds. The van der Waals surface area contributed by atoms with Gasteiger partial charge in [0.1, 0.15) is 0 Å². The Morgan fingerprint density at radius 3 is 1.55 bits per heavy atom. The highest BCUT2D eigenvalue weighted by Crippen LogP contribution is 2.52. The minimum atomic E-state index is -0.0141. The van der Waals surface area contributed by atoms with Gasteiger partial charge in [-0.05, 0) is 81.9 Å². The van der Waals surface area contributed by atoms with Gasteiger partial charge in [0.25, 0.3) is 0 Å². The third kappa shape index (κ3) is 3.61. The average Bonchev–Trinajstić information content (AvgIpc) is 3.71. The number of hydrogen-bond donors (Lipinski definition) is 0. The Bertz CT molecular complexity index is 2680. The zero-order chi connectivity index (χ0) is 31.3. The molecule has 0 atom stereocenters. The van der Waals surface area contributed by atoms with Crippen molar-refractivity contribution in [3.63, 3.8) is 0 Å². The van der Waals surface area contributed by atoms with Crippen LogP contribution in [0.2, 0.25) is 0 Å². The van der Waals surface area contributed by atoms with Crippen LogP contribution in [-0.4, -0.2) is 9.13 Å². The maximum Gasteiger partial charge on any atom is 0.0548 e. The highest BCUT2D eigenvalue weighted by Gasteiger charge is 2.36. The fourth-order valence-electron chi connectivity index (χ4n) is 8.35. The molecule has 47 heavy (non-hydrogen) atoms. The van der Waals surface area contributed by atoms with Gasteiger partial charge < -0.3 is 9.13 Å². The Hall–Kier alpha value is -5.86. The van der Waals surface area contributed by atoms with E-state index in [1.807, 2.05) is 0 Å². The Morgan fingerprint density at radius 1 is 0.383 bits per heavy atom. The van der Waals surface area contributed by atoms with Crippen molar-refractivity contribution < 1.29 is 0 Å². The van der Waals surface area contributed by atoms with Crippen molar-refractivity contribution in [2.24, 2.45) is 0 Å². The fraction of sp³-hybridized carbons (Fsp3) is 0.0667. The highest BCUT2D eigenvalue weighted by molar-refractivity contribution is 6.19. The van der Waals surface area contributed by atoms with E-state index in [1.165, 1.54) is 88.4 Å². The standard InChI is InChI=1S/C45H32N2/c1-45(2)38-19-9-6-17-35(38)44-32(18-12-20-39(44)45)29-23-25-31(26-24-29)47-41-22-11-8-16-34(41)37-27-42-36(28-43(37)47)33-15-7-10-21-40(33)46(42)30-13-4-3-5-14-30/h3-28H,1-2H3. The Kier molecular flexibility index (Phi) is 5.37. The van der Waals surface area contributed by atoms with E-state index in [1.54, 1.807) is 0 Å². The van der Waals surface area contributed by atoms with Gasteiger partial charge >= 0.3 is 0 Å². The topological polar surface area (TPSA) is 9.86 Å². The van der Waals surface area contributed by atoms with Crippen LogP contribution in [0.1, 0.15) is 25.0 Å². The molecule has 10 rings (SSSR count). The summed E-state index contributed by atoms with van der Waals surface area (Å²) in [5.41, 5.74) is 15.3. The summed E-state index contributed by atoms with van der Waals surface area (Å²) in [5, 5.41) is 5.05. The predicted octanol–water partition coefficient (Wildman–Crippen LogP) is 11.9. The zero-order valence-electron chi connectivity index (χ0n) is 26.4. The fourth-order valence-corrected chi connectivity index (χ4v) is 8.35. The molecule has 2 aromatic heterocycles. The minimum absolute atomic E-state index is 0.0141. The Morgan fingerprint density at radius 2 is 0.894 bits per heavy atom. The molecular weight excluding hydrogens is 569 g/mol. The van der Waals surface area contributed by atoms with Crippen molar-refractivity contribution in [3.05, 3.63) is 169 Å². The molecule has 2 nitrogen and oxygen atoms in total. The van der Waals surface area contributed by atoms with E-state index in [-0.39, 0.29) is 5.41 Å². The van der Waals surface area contributed by atoms with Crippen molar-refractivity contribution in [2.45, 2.75) is 19.3 Å². The summed E-state index contributed by atoms with van der Waals surface area (Å²) in [6.45, 7) is 4.70. The molecule has 0 saturated heterocycles. The SMILES string of the molecule is CC1(C)c2ccccc2-c2c(-c3ccc(-n4c5ccccc5c5cc6c(cc54)c4ccccc4n6-c4ccccc4)cc3)cccc21. The summed E-state index contributed by atoms with van der Waals surface area (Å²) >= 11 is 0. The van der Waals surface area contributed by atoms with Crippen LogP contribution in [0.4, 0.5) is 0 Å². The van der Waals surface area contributed by atoms with Crippen LogP contribution in [-0.2, 0) is 5.41 Å². The van der Waals surface area contributed by atoms with Crippen LogP contribution < -0.4 is 0 Å². The smallest absolute Gasteiger partial charge is 0.0548 e. The van der Waals surface area contributed by atoms with Crippen LogP contribution in [0.25, 0.3) is 77.2 Å². The average molecular weight is 601 g/mol. The first kappa shape index (κ1) is 26.4. The van der Waals surface area contributed by atoms with Crippen molar-refractivity contribution in [2.75, 3.05) is 0 Å². The summed E-state index contributed by atoms with van der Waals surface area (Å²) < 4.78 is 4.85. The summed E-state index contributed by atoms with van der Waals surface area (Å²) in [6.07, 6.45) is 0. The zero-order valence-corrected chi connectivity index (χ0v) is 26.4. The monoisotopic (exact) mass is 600 g/mol. The van der Waals surface area contributed by atoms with Crippen LogP contribution in [0.5, 0.6) is 0 Å². The number of nitrogens with zero attached hydrogens (tertiary/aromatic N) is 2. The lowest BCUT2D eigenvalue weighted by Gasteiger charge is -2.21. The lowest BCUT2D eigenvalue weighted by molar-refractivity contribution is 0.660. The Balaban J connectivity index is 1.19. The number of para-hydroxylation sites is 3. The predicted molar refractivity (Wildman–Crippen MR) is 198 cm³/mol. The van der Waals surface area contributed by atoms with E-state index < -0.39 is 0 Å². The van der Waals surface area contributed by atoms with E-state index >= 15 is 0 Å². The summed E-state index contributed by atoms with van der Waals surface area (Å²) in [7, 11) is 0. The van der Waals surface area contributed by atoms with Gasteiger partial charge in [-0.3, -0.25) is 0 Å². The number of aromatic nitrogens is 2. The van der Waals surface area contributed by atoms with Gasteiger partial charge in [0.2, 0.25) is 0 Å². The van der Waals surface area contributed by atoms with Crippen molar-refractivity contribution in [1.29, 1.82) is 0 Å². The third-order valence-electron chi connectivity index (χ3n) is 10.5. The van der Waals surface area contributed by atoms with Crippen molar-refractivity contribution in [3.8, 4) is 33.6 Å². The van der Waals surface area contributed by atoms with Gasteiger partial charge in [-0.1, -0.05) is 123 Å². The molecule has 0 unspecified atom stereocenters. The molecule has 222 valence electrons. The van der Waals surface area contributed by atoms with Crippen molar-refractivity contribution >= 4 is 43.6 Å². The van der Waals surface area contributed by atoms with E-state index in [0.717, 1.165) is 0 Å². The van der Waals surface area contributed by atoms with E-state index in [2.05, 4.69) is 181 Å². The molecule has 0 spiro atoms. The molecule has 0 radical (unpaired) electrons. The van der Waals surface area contributed by atoms with Gasteiger partial charge in [-0.2, -0.15) is 0 Å². The van der Waals surface area contributed by atoms with Crippen LogP contribution in [0.3, 0.4) is 0 Å². The van der Waals surface area contributed by atoms with Crippen LogP contribution in [0.15, 0.2) is 158 Å². The van der Waals surface area contributed by atoms with Gasteiger partial charge in [0.15, 0.2) is 0 Å². The summed E-state index contributed by atoms with van der Waals surface area (Å²) in [6, 6.07) is 58.0. The maximum absolute atomic E-state index is 2.44. The summed E-state index contributed by atoms with van der Waals surface area (Å²) in [4.78, 5) is 0. The molecule has 0 saturated carbocycles. The second kappa shape index (κ2) is 9.57. The lowest BCUT2D eigenvalue weighted by Crippen LogP contribution is -2.14. The minimum Gasteiger partial charge on any atom is -0.309 e. The molecule has 0 bridgehead atoms. The number of hydrogen-bond acceptors (Lipinski definition) is 0. The third-order valence-corrected chi connectivity index (χ3v) is 10.5. The first-order valence-corrected chi connectivity index (χ1v) is 16.5. The molecule has 2 heteroatoms. The van der Waals surface area contributed by atoms with Gasteiger partial charge in [-0.15, -0.1) is 0 Å². The molecule has 1 aliphatic rings. The Labute approximate surface area is 273 Å². The number of benzene rings is 7. The normalized spacial score (nSPS) is 13.5. The van der Waals surface area contributed by atoms with Crippen molar-refractivity contribution in [1.82, 2.24) is 9.13 Å². The van der Waals surface area contributed by atoms with E-state index in [9.17, 15) is 0 Å². The van der Waals surface area contributed by atoms with Gasteiger partial charge in [-0.25, -0.2) is 0 Å². The molecule has 9 aromatic rings. The maximum atomic E-state index is 2.44. The molecule has 1 aliphatic carbocycles. The van der Waals surface area contributed by atoms with Gasteiger partial charge in [0, 0.05) is 38.3 Å². The van der Waals surface area contributed by atoms with E-state index in [4.69, 9.17) is 0 Å². The van der Waals surface area contributed by atoms with Crippen LogP contribution >= 0.6 is 0 Å². The highest BCUT2D eigenvalue weighted by atomic mass is 15.0. The number of rotatable bonds is 3. The quantitative estimate of drug-likeness (QED) is 0.191. The summed E-state index contributed by atoms with van der Waals surface area (Å²) in [5.74, 6) is 0. The molecule has 0 aliphatic heterocycles. The first-order valence-electron chi connectivity index (χ1n) is 16.5. The number of fused-ring (bicyclic) bond motifs is 9. The van der Waals surface area contributed by atoms with Gasteiger partial charge in [0.05, 0.1) is 22.1 Å². The lowest BCUT2D eigenvalue weighted by atomic mass is 9.82.